The van der Waals surface area contributed by atoms with E-state index in [2.05, 4.69) is 10.3 Å². The van der Waals surface area contributed by atoms with Crippen LogP contribution in [0.1, 0.15) is 18.5 Å². The van der Waals surface area contributed by atoms with Crippen LogP contribution >= 0.6 is 0 Å². The molecular weight excluding hydrogens is 317 g/mol. The second-order valence-electron chi connectivity index (χ2n) is 5.10. The monoisotopic (exact) mass is 335 g/mol. The number of hydrogen-bond donors (Lipinski definition) is 1. The number of halogens is 1. The van der Waals surface area contributed by atoms with Crippen molar-refractivity contribution in [3.05, 3.63) is 54.1 Å². The van der Waals surface area contributed by atoms with Crippen molar-refractivity contribution in [2.24, 2.45) is 0 Å². The standard InChI is InChI=1S/C16H18FN3O2S/c1-11(12-6-8-18-9-7-12)20(2)16(21)19-13-4-5-15(23(3)22)14(17)10-13/h4-11H,1-3H3,(H,19,21)/t11-,23-/m1/s1. The Balaban J connectivity index is 2.09. The fourth-order valence-corrected chi connectivity index (χ4v) is 2.66. The van der Waals surface area contributed by atoms with Crippen LogP contribution in [0.2, 0.25) is 0 Å². The summed E-state index contributed by atoms with van der Waals surface area (Å²) in [5.74, 6) is -0.603. The normalized spacial score (nSPS) is 13.2. The molecule has 0 fully saturated rings. The molecule has 5 nitrogen and oxygen atoms in total. The van der Waals surface area contributed by atoms with Crippen molar-refractivity contribution in [3.63, 3.8) is 0 Å². The van der Waals surface area contributed by atoms with Gasteiger partial charge in [-0.25, -0.2) is 9.18 Å². The highest BCUT2D eigenvalue weighted by atomic mass is 32.2. The van der Waals surface area contributed by atoms with Gasteiger partial charge in [-0.1, -0.05) is 0 Å². The van der Waals surface area contributed by atoms with Gasteiger partial charge in [0.15, 0.2) is 0 Å². The van der Waals surface area contributed by atoms with Gasteiger partial charge in [0.25, 0.3) is 0 Å². The number of carbonyl (C=O) groups excluding carboxylic acids is 1. The van der Waals surface area contributed by atoms with Gasteiger partial charge in [-0.3, -0.25) is 9.19 Å². The fourth-order valence-electron chi connectivity index (χ4n) is 2.06. The summed E-state index contributed by atoms with van der Waals surface area (Å²) in [7, 11) is 0.252. The predicted molar refractivity (Wildman–Crippen MR) is 88.2 cm³/mol. The lowest BCUT2D eigenvalue weighted by Crippen LogP contribution is -2.33. The van der Waals surface area contributed by atoms with Gasteiger partial charge in [-0.2, -0.15) is 0 Å². The number of pyridine rings is 1. The van der Waals surface area contributed by atoms with E-state index in [9.17, 15) is 13.4 Å². The highest BCUT2D eigenvalue weighted by Crippen LogP contribution is 2.21. The van der Waals surface area contributed by atoms with Crippen LogP contribution in [0.25, 0.3) is 0 Å². The molecule has 2 atom stereocenters. The molecule has 0 aliphatic carbocycles. The molecule has 0 spiro atoms. The highest BCUT2D eigenvalue weighted by molar-refractivity contribution is 7.84. The van der Waals surface area contributed by atoms with Gasteiger partial charge in [-0.15, -0.1) is 0 Å². The van der Waals surface area contributed by atoms with Crippen molar-refractivity contribution in [1.82, 2.24) is 9.88 Å². The van der Waals surface area contributed by atoms with Crippen LogP contribution in [0.5, 0.6) is 0 Å². The summed E-state index contributed by atoms with van der Waals surface area (Å²) < 4.78 is 25.1. The van der Waals surface area contributed by atoms with E-state index in [-0.39, 0.29) is 17.0 Å². The molecule has 1 aromatic heterocycles. The minimum absolute atomic E-state index is 0.113. The molecular formula is C16H18FN3O2S. The molecule has 7 heteroatoms. The maximum absolute atomic E-state index is 13.8. The van der Waals surface area contributed by atoms with E-state index in [1.165, 1.54) is 29.4 Å². The Morgan fingerprint density at radius 2 is 1.96 bits per heavy atom. The van der Waals surface area contributed by atoms with Crippen LogP contribution < -0.4 is 5.32 Å². The Hall–Kier alpha value is -2.28. The lowest BCUT2D eigenvalue weighted by molar-refractivity contribution is 0.208. The molecule has 0 radical (unpaired) electrons. The van der Waals surface area contributed by atoms with Crippen LogP contribution in [-0.4, -0.2) is 33.4 Å². The smallest absolute Gasteiger partial charge is 0.321 e. The lowest BCUT2D eigenvalue weighted by Gasteiger charge is -2.25. The molecule has 1 N–H and O–H groups in total. The van der Waals surface area contributed by atoms with Crippen molar-refractivity contribution in [1.29, 1.82) is 0 Å². The number of amides is 2. The van der Waals surface area contributed by atoms with Gasteiger partial charge < -0.3 is 10.2 Å². The van der Waals surface area contributed by atoms with E-state index >= 15 is 0 Å². The molecule has 0 saturated heterocycles. The van der Waals surface area contributed by atoms with Crippen molar-refractivity contribution in [3.8, 4) is 0 Å². The average Bonchev–Trinajstić information content (AvgIpc) is 2.54. The Kier molecular flexibility index (Phi) is 5.44. The van der Waals surface area contributed by atoms with Gasteiger partial charge >= 0.3 is 6.03 Å². The third kappa shape index (κ3) is 4.13. The first-order valence-electron chi connectivity index (χ1n) is 6.97. The Labute approximate surface area is 137 Å². The molecule has 0 saturated carbocycles. The van der Waals surface area contributed by atoms with Crippen LogP contribution in [0.3, 0.4) is 0 Å². The van der Waals surface area contributed by atoms with E-state index in [4.69, 9.17) is 0 Å². The number of benzene rings is 1. The number of nitrogens with zero attached hydrogens (tertiary/aromatic N) is 2. The number of aromatic nitrogens is 1. The van der Waals surface area contributed by atoms with Gasteiger partial charge in [0.2, 0.25) is 0 Å². The lowest BCUT2D eigenvalue weighted by atomic mass is 10.1. The second kappa shape index (κ2) is 7.32. The number of urea groups is 1. The summed E-state index contributed by atoms with van der Waals surface area (Å²) in [4.78, 5) is 17.8. The van der Waals surface area contributed by atoms with Gasteiger partial charge in [0.1, 0.15) is 5.82 Å². The molecule has 1 aromatic carbocycles. The minimum Gasteiger partial charge on any atom is -0.321 e. The van der Waals surface area contributed by atoms with Crippen molar-refractivity contribution in [2.45, 2.75) is 17.9 Å². The number of hydrogen-bond acceptors (Lipinski definition) is 3. The number of carbonyl (C=O) groups is 1. The third-order valence-electron chi connectivity index (χ3n) is 3.58. The zero-order valence-corrected chi connectivity index (χ0v) is 13.9. The minimum atomic E-state index is -1.41. The molecule has 0 bridgehead atoms. The van der Waals surface area contributed by atoms with E-state index < -0.39 is 16.6 Å². The maximum Gasteiger partial charge on any atom is 0.322 e. The Morgan fingerprint density at radius 1 is 1.30 bits per heavy atom. The van der Waals surface area contributed by atoms with Crippen LogP contribution in [0, 0.1) is 5.82 Å². The molecule has 1 heterocycles. The first kappa shape index (κ1) is 17.1. The topological polar surface area (TPSA) is 62.3 Å². The van der Waals surface area contributed by atoms with Gasteiger partial charge in [-0.05, 0) is 42.8 Å². The Morgan fingerprint density at radius 3 is 2.52 bits per heavy atom. The maximum atomic E-state index is 13.8. The van der Waals surface area contributed by atoms with Crippen molar-refractivity contribution < 1.29 is 13.4 Å². The molecule has 0 aliphatic rings. The van der Waals surface area contributed by atoms with Crippen LogP contribution in [0.15, 0.2) is 47.6 Å². The number of anilines is 1. The van der Waals surface area contributed by atoms with Crippen LogP contribution in [-0.2, 0) is 10.8 Å². The largest absolute Gasteiger partial charge is 0.322 e. The molecule has 23 heavy (non-hydrogen) atoms. The van der Waals surface area contributed by atoms with E-state index in [1.54, 1.807) is 19.4 Å². The van der Waals surface area contributed by atoms with E-state index in [0.29, 0.717) is 5.69 Å². The highest BCUT2D eigenvalue weighted by Gasteiger charge is 2.18. The molecule has 122 valence electrons. The molecule has 0 aliphatic heterocycles. The predicted octanol–water partition coefficient (Wildman–Crippen LogP) is 3.18. The summed E-state index contributed by atoms with van der Waals surface area (Å²) >= 11 is 0. The first-order chi connectivity index (χ1) is 10.9. The van der Waals surface area contributed by atoms with Crippen molar-refractivity contribution >= 4 is 22.5 Å². The fraction of sp³-hybridized carbons (Fsp3) is 0.250. The Bertz CT molecular complexity index is 725. The van der Waals surface area contributed by atoms with Gasteiger partial charge in [0, 0.05) is 31.4 Å². The SMILES string of the molecule is C[C@H](c1ccncc1)N(C)C(=O)Nc1ccc([S@@](C)=O)c(F)c1. The molecule has 0 unspecified atom stereocenters. The average molecular weight is 335 g/mol. The number of nitrogens with one attached hydrogen (secondary N) is 1. The second-order valence-corrected chi connectivity index (χ2v) is 6.44. The zero-order chi connectivity index (χ0) is 17.0. The summed E-state index contributed by atoms with van der Waals surface area (Å²) in [6.45, 7) is 1.89. The molecule has 2 aromatic rings. The summed E-state index contributed by atoms with van der Waals surface area (Å²) in [5, 5.41) is 2.63. The summed E-state index contributed by atoms with van der Waals surface area (Å²) in [6.07, 6.45) is 4.73. The number of rotatable bonds is 4. The zero-order valence-electron chi connectivity index (χ0n) is 13.1. The molecule has 2 rings (SSSR count). The van der Waals surface area contributed by atoms with E-state index in [0.717, 1.165) is 5.56 Å². The summed E-state index contributed by atoms with van der Waals surface area (Å²) in [5.41, 5.74) is 1.26. The van der Waals surface area contributed by atoms with Crippen LogP contribution in [0.4, 0.5) is 14.9 Å². The molecule has 2 amide bonds. The van der Waals surface area contributed by atoms with Crippen molar-refractivity contribution in [2.75, 3.05) is 18.6 Å². The first-order valence-corrected chi connectivity index (χ1v) is 8.52. The quantitative estimate of drug-likeness (QED) is 0.933. The van der Waals surface area contributed by atoms with E-state index in [1.807, 2.05) is 19.1 Å². The summed E-state index contributed by atoms with van der Waals surface area (Å²) in [6, 6.07) is 7.25. The third-order valence-corrected chi connectivity index (χ3v) is 4.53. The van der Waals surface area contributed by atoms with Gasteiger partial charge in [0.05, 0.1) is 21.7 Å².